The summed E-state index contributed by atoms with van der Waals surface area (Å²) in [6.45, 7) is 1.54. The van der Waals surface area contributed by atoms with Crippen LogP contribution in [0, 0.1) is 5.41 Å². The molecule has 1 aliphatic rings. The largest absolute Gasteiger partial charge is 0.494 e. The number of rotatable bonds is 5. The first-order valence-corrected chi connectivity index (χ1v) is 5.70. The predicted molar refractivity (Wildman–Crippen MR) is 62.3 cm³/mol. The standard InChI is InChI=1S/C12H16ClNO/c13-10-1-3-11(4-2-10)15-8-7-12(9-14)5-6-12/h1-4H,5-9,14H2. The average molecular weight is 226 g/mol. The van der Waals surface area contributed by atoms with E-state index in [0.717, 1.165) is 30.3 Å². The van der Waals surface area contributed by atoms with Gasteiger partial charge in [-0.25, -0.2) is 0 Å². The molecule has 0 amide bonds. The van der Waals surface area contributed by atoms with Crippen molar-refractivity contribution >= 4 is 11.6 Å². The van der Waals surface area contributed by atoms with Gasteiger partial charge in [0, 0.05) is 5.02 Å². The van der Waals surface area contributed by atoms with Crippen molar-refractivity contribution in [2.75, 3.05) is 13.2 Å². The molecule has 3 heteroatoms. The van der Waals surface area contributed by atoms with Crippen LogP contribution in [0.25, 0.3) is 0 Å². The number of halogens is 1. The van der Waals surface area contributed by atoms with E-state index in [9.17, 15) is 0 Å². The van der Waals surface area contributed by atoms with Gasteiger partial charge in [0.15, 0.2) is 0 Å². The summed E-state index contributed by atoms with van der Waals surface area (Å²) in [5.74, 6) is 0.882. The molecule has 0 spiro atoms. The van der Waals surface area contributed by atoms with Gasteiger partial charge in [-0.3, -0.25) is 0 Å². The second-order valence-electron chi connectivity index (χ2n) is 4.26. The maximum Gasteiger partial charge on any atom is 0.119 e. The molecule has 2 rings (SSSR count). The Labute approximate surface area is 95.4 Å². The third-order valence-electron chi connectivity index (χ3n) is 3.10. The van der Waals surface area contributed by atoms with Gasteiger partial charge in [0.05, 0.1) is 6.61 Å². The van der Waals surface area contributed by atoms with E-state index in [1.165, 1.54) is 12.8 Å². The van der Waals surface area contributed by atoms with Gasteiger partial charge in [0.1, 0.15) is 5.75 Å². The van der Waals surface area contributed by atoms with E-state index in [1.54, 1.807) is 0 Å². The van der Waals surface area contributed by atoms with Gasteiger partial charge in [-0.15, -0.1) is 0 Å². The first-order valence-electron chi connectivity index (χ1n) is 5.33. The minimum Gasteiger partial charge on any atom is -0.494 e. The fraction of sp³-hybridized carbons (Fsp3) is 0.500. The van der Waals surface area contributed by atoms with E-state index < -0.39 is 0 Å². The van der Waals surface area contributed by atoms with Gasteiger partial charge in [0.2, 0.25) is 0 Å². The molecule has 1 fully saturated rings. The molecule has 1 aromatic carbocycles. The third kappa shape index (κ3) is 2.86. The molecule has 15 heavy (non-hydrogen) atoms. The SMILES string of the molecule is NCC1(CCOc2ccc(Cl)cc2)CC1. The molecule has 82 valence electrons. The zero-order valence-corrected chi connectivity index (χ0v) is 9.46. The molecule has 0 unspecified atom stereocenters. The topological polar surface area (TPSA) is 35.2 Å². The molecule has 0 aliphatic heterocycles. The Balaban J connectivity index is 1.76. The Morgan fingerprint density at radius 1 is 1.27 bits per heavy atom. The van der Waals surface area contributed by atoms with E-state index in [-0.39, 0.29) is 0 Å². The van der Waals surface area contributed by atoms with E-state index in [1.807, 2.05) is 24.3 Å². The van der Waals surface area contributed by atoms with Crippen molar-refractivity contribution in [3.63, 3.8) is 0 Å². The Bertz CT molecular complexity index is 319. The predicted octanol–water partition coefficient (Wildman–Crippen LogP) is 2.85. The van der Waals surface area contributed by atoms with E-state index in [2.05, 4.69) is 0 Å². The number of nitrogens with two attached hydrogens (primary N) is 1. The Morgan fingerprint density at radius 3 is 2.47 bits per heavy atom. The lowest BCUT2D eigenvalue weighted by Gasteiger charge is -2.12. The van der Waals surface area contributed by atoms with E-state index >= 15 is 0 Å². The van der Waals surface area contributed by atoms with Crippen molar-refractivity contribution in [2.24, 2.45) is 11.1 Å². The molecule has 0 bridgehead atoms. The zero-order valence-electron chi connectivity index (χ0n) is 8.71. The van der Waals surface area contributed by atoms with Crippen LogP contribution in [0.15, 0.2) is 24.3 Å². The highest BCUT2D eigenvalue weighted by Crippen LogP contribution is 2.47. The van der Waals surface area contributed by atoms with Crippen molar-refractivity contribution in [1.82, 2.24) is 0 Å². The summed E-state index contributed by atoms with van der Waals surface area (Å²) in [4.78, 5) is 0. The summed E-state index contributed by atoms with van der Waals surface area (Å²) in [5, 5.41) is 0.739. The number of ether oxygens (including phenoxy) is 1. The van der Waals surface area contributed by atoms with Crippen LogP contribution in [-0.4, -0.2) is 13.2 Å². The third-order valence-corrected chi connectivity index (χ3v) is 3.36. The van der Waals surface area contributed by atoms with Crippen molar-refractivity contribution in [3.05, 3.63) is 29.3 Å². The fourth-order valence-corrected chi connectivity index (χ4v) is 1.78. The van der Waals surface area contributed by atoms with Gasteiger partial charge < -0.3 is 10.5 Å². The average Bonchev–Trinajstić information content (AvgIpc) is 3.02. The number of hydrogen-bond donors (Lipinski definition) is 1. The first kappa shape index (κ1) is 10.8. The summed E-state index contributed by atoms with van der Waals surface area (Å²) in [5.41, 5.74) is 6.09. The van der Waals surface area contributed by atoms with Gasteiger partial charge in [-0.1, -0.05) is 11.6 Å². The molecule has 0 radical (unpaired) electrons. The molecule has 0 saturated heterocycles. The zero-order chi connectivity index (χ0) is 10.7. The number of hydrogen-bond acceptors (Lipinski definition) is 2. The maximum absolute atomic E-state index is 5.78. The van der Waals surface area contributed by atoms with Crippen LogP contribution >= 0.6 is 11.6 Å². The summed E-state index contributed by atoms with van der Waals surface area (Å²) in [6.07, 6.45) is 3.58. The van der Waals surface area contributed by atoms with Crippen molar-refractivity contribution in [1.29, 1.82) is 0 Å². The Kier molecular flexibility index (Phi) is 3.17. The molecule has 0 aromatic heterocycles. The molecule has 2 N–H and O–H groups in total. The lowest BCUT2D eigenvalue weighted by atomic mass is 10.0. The molecular weight excluding hydrogens is 210 g/mol. The quantitative estimate of drug-likeness (QED) is 0.837. The van der Waals surface area contributed by atoms with Crippen LogP contribution in [0.4, 0.5) is 0 Å². The highest BCUT2D eigenvalue weighted by atomic mass is 35.5. The van der Waals surface area contributed by atoms with Gasteiger partial charge in [0.25, 0.3) is 0 Å². The number of benzene rings is 1. The van der Waals surface area contributed by atoms with Crippen molar-refractivity contribution < 1.29 is 4.74 Å². The lowest BCUT2D eigenvalue weighted by molar-refractivity contribution is 0.271. The summed E-state index contributed by atoms with van der Waals surface area (Å²) in [6, 6.07) is 7.47. The van der Waals surface area contributed by atoms with Gasteiger partial charge in [-0.2, -0.15) is 0 Å². The lowest BCUT2D eigenvalue weighted by Crippen LogP contribution is -2.18. The minimum absolute atomic E-state index is 0.395. The van der Waals surface area contributed by atoms with Crippen LogP contribution in [-0.2, 0) is 0 Å². The van der Waals surface area contributed by atoms with Crippen molar-refractivity contribution in [3.8, 4) is 5.75 Å². The monoisotopic (exact) mass is 225 g/mol. The van der Waals surface area contributed by atoms with Crippen LogP contribution in [0.2, 0.25) is 5.02 Å². The smallest absolute Gasteiger partial charge is 0.119 e. The van der Waals surface area contributed by atoms with E-state index in [4.69, 9.17) is 22.1 Å². The fourth-order valence-electron chi connectivity index (χ4n) is 1.65. The van der Waals surface area contributed by atoms with Crippen molar-refractivity contribution in [2.45, 2.75) is 19.3 Å². The van der Waals surface area contributed by atoms with Crippen LogP contribution in [0.3, 0.4) is 0 Å². The van der Waals surface area contributed by atoms with Gasteiger partial charge in [-0.05, 0) is 55.5 Å². The summed E-state index contributed by atoms with van der Waals surface area (Å²) < 4.78 is 5.62. The normalized spacial score (nSPS) is 17.5. The molecule has 0 heterocycles. The Morgan fingerprint density at radius 2 is 1.93 bits per heavy atom. The molecule has 2 nitrogen and oxygen atoms in total. The van der Waals surface area contributed by atoms with Crippen LogP contribution in [0.5, 0.6) is 5.75 Å². The van der Waals surface area contributed by atoms with Crippen LogP contribution < -0.4 is 10.5 Å². The maximum atomic E-state index is 5.78. The molecule has 0 atom stereocenters. The van der Waals surface area contributed by atoms with E-state index in [0.29, 0.717) is 5.41 Å². The first-order chi connectivity index (χ1) is 7.24. The second kappa shape index (κ2) is 4.42. The second-order valence-corrected chi connectivity index (χ2v) is 4.69. The highest BCUT2D eigenvalue weighted by molar-refractivity contribution is 6.30. The highest BCUT2D eigenvalue weighted by Gasteiger charge is 2.40. The molecule has 1 aliphatic carbocycles. The van der Waals surface area contributed by atoms with Crippen LogP contribution in [0.1, 0.15) is 19.3 Å². The summed E-state index contributed by atoms with van der Waals surface area (Å²) in [7, 11) is 0. The molecule has 1 aromatic rings. The van der Waals surface area contributed by atoms with Gasteiger partial charge >= 0.3 is 0 Å². The minimum atomic E-state index is 0.395. The molecular formula is C12H16ClNO. The summed E-state index contributed by atoms with van der Waals surface area (Å²) >= 11 is 5.78. The Hall–Kier alpha value is -0.730. The molecule has 1 saturated carbocycles.